The van der Waals surface area contributed by atoms with Gasteiger partial charge in [-0.3, -0.25) is 4.90 Å². The molecule has 3 rings (SSSR count). The Labute approximate surface area is 126 Å². The summed E-state index contributed by atoms with van der Waals surface area (Å²) >= 11 is 0. The Morgan fingerprint density at radius 2 is 1.76 bits per heavy atom. The van der Waals surface area contributed by atoms with Gasteiger partial charge in [0.1, 0.15) is 18.9 Å². The average Bonchev–Trinajstić information content (AvgIpc) is 2.92. The molecule has 5 heteroatoms. The number of aryl methyl sites for hydroxylation is 1. The molecule has 0 radical (unpaired) electrons. The van der Waals surface area contributed by atoms with E-state index in [1.165, 1.54) is 5.69 Å². The van der Waals surface area contributed by atoms with Gasteiger partial charge in [0.25, 0.3) is 0 Å². The minimum absolute atomic E-state index is 0.831. The first-order chi connectivity index (χ1) is 10.2. The van der Waals surface area contributed by atoms with Gasteiger partial charge in [-0.05, 0) is 24.3 Å². The molecule has 2 aromatic rings. The van der Waals surface area contributed by atoms with Crippen molar-refractivity contribution in [1.82, 2.24) is 9.47 Å². The summed E-state index contributed by atoms with van der Waals surface area (Å²) in [6.45, 7) is 6.59. The third-order valence-corrected chi connectivity index (χ3v) is 4.13. The first-order valence-corrected chi connectivity index (χ1v) is 7.54. The molecule has 1 aliphatic heterocycles. The van der Waals surface area contributed by atoms with Crippen molar-refractivity contribution >= 4 is 11.4 Å². The van der Waals surface area contributed by atoms with Gasteiger partial charge in [-0.1, -0.05) is 0 Å². The first kappa shape index (κ1) is 13.9. The second-order valence-electron chi connectivity index (χ2n) is 5.74. The summed E-state index contributed by atoms with van der Waals surface area (Å²) in [7, 11) is 2.06. The number of benzene rings is 1. The van der Waals surface area contributed by atoms with Gasteiger partial charge in [0.2, 0.25) is 6.33 Å². The van der Waals surface area contributed by atoms with E-state index in [1.807, 2.05) is 12.1 Å². The van der Waals surface area contributed by atoms with Crippen molar-refractivity contribution in [3.8, 4) is 0 Å². The highest BCUT2D eigenvalue weighted by Gasteiger charge is 2.17. The number of aromatic nitrogens is 2. The van der Waals surface area contributed by atoms with E-state index in [9.17, 15) is 0 Å². The molecule has 0 bridgehead atoms. The average molecular weight is 286 g/mol. The number of nitrogen functional groups attached to an aromatic ring is 1. The van der Waals surface area contributed by atoms with Crippen LogP contribution in [-0.4, -0.2) is 42.2 Å². The standard InChI is InChI=1S/C16H24N5/c1-18-6-7-20(14-18)9-8-19-10-12-21(13-11-19)16-4-2-15(17)3-5-16/h2-7,14H,8-13,17H2,1H3/q+1. The normalized spacial score (nSPS) is 16.3. The lowest BCUT2D eigenvalue weighted by Gasteiger charge is -2.35. The summed E-state index contributed by atoms with van der Waals surface area (Å²) in [5, 5.41) is 0. The molecule has 1 saturated heterocycles. The van der Waals surface area contributed by atoms with Crippen LogP contribution in [0.3, 0.4) is 0 Å². The fourth-order valence-corrected chi connectivity index (χ4v) is 2.81. The van der Waals surface area contributed by atoms with Crippen molar-refractivity contribution in [2.75, 3.05) is 43.4 Å². The highest BCUT2D eigenvalue weighted by molar-refractivity contribution is 5.53. The predicted molar refractivity (Wildman–Crippen MR) is 85.1 cm³/mol. The SMILES string of the molecule is C[n+]1ccn(CCN2CCN(c3ccc(N)cc3)CC2)c1. The van der Waals surface area contributed by atoms with E-state index >= 15 is 0 Å². The van der Waals surface area contributed by atoms with Crippen LogP contribution in [0.4, 0.5) is 11.4 Å². The summed E-state index contributed by atoms with van der Waals surface area (Å²) in [6.07, 6.45) is 6.34. The van der Waals surface area contributed by atoms with Crippen LogP contribution in [0.1, 0.15) is 0 Å². The number of piperazine rings is 1. The van der Waals surface area contributed by atoms with Crippen molar-refractivity contribution in [3.05, 3.63) is 43.0 Å². The van der Waals surface area contributed by atoms with Gasteiger partial charge >= 0.3 is 0 Å². The van der Waals surface area contributed by atoms with Crippen molar-refractivity contribution in [2.45, 2.75) is 6.54 Å². The number of imidazole rings is 1. The van der Waals surface area contributed by atoms with Gasteiger partial charge in [-0.25, -0.2) is 9.13 Å². The molecule has 0 saturated carbocycles. The molecule has 1 aliphatic rings. The number of rotatable bonds is 4. The van der Waals surface area contributed by atoms with Crippen LogP contribution in [0.15, 0.2) is 43.0 Å². The van der Waals surface area contributed by atoms with Gasteiger partial charge in [0.15, 0.2) is 0 Å². The zero-order valence-corrected chi connectivity index (χ0v) is 12.7. The van der Waals surface area contributed by atoms with Crippen molar-refractivity contribution < 1.29 is 4.57 Å². The molecule has 0 atom stereocenters. The molecule has 0 aliphatic carbocycles. The van der Waals surface area contributed by atoms with Crippen molar-refractivity contribution in [3.63, 3.8) is 0 Å². The van der Waals surface area contributed by atoms with Gasteiger partial charge in [0.05, 0.1) is 7.05 Å². The zero-order chi connectivity index (χ0) is 14.7. The molecule has 2 heterocycles. The Bertz CT molecular complexity index is 567. The van der Waals surface area contributed by atoms with Gasteiger partial charge in [-0.2, -0.15) is 0 Å². The highest BCUT2D eigenvalue weighted by Crippen LogP contribution is 2.17. The molecular weight excluding hydrogens is 262 g/mol. The van der Waals surface area contributed by atoms with E-state index in [2.05, 4.69) is 56.8 Å². The van der Waals surface area contributed by atoms with Gasteiger partial charge in [-0.15, -0.1) is 0 Å². The maximum absolute atomic E-state index is 5.74. The van der Waals surface area contributed by atoms with Gasteiger partial charge in [0, 0.05) is 44.1 Å². The number of hydrogen-bond donors (Lipinski definition) is 1. The molecule has 0 unspecified atom stereocenters. The molecule has 5 nitrogen and oxygen atoms in total. The molecule has 1 aromatic carbocycles. The molecule has 1 aromatic heterocycles. The third kappa shape index (κ3) is 3.55. The minimum Gasteiger partial charge on any atom is -0.399 e. The lowest BCUT2D eigenvalue weighted by molar-refractivity contribution is -0.671. The topological polar surface area (TPSA) is 41.3 Å². The molecule has 21 heavy (non-hydrogen) atoms. The fraction of sp³-hybridized carbons (Fsp3) is 0.438. The summed E-state index contributed by atoms with van der Waals surface area (Å²) in [6, 6.07) is 8.19. The highest BCUT2D eigenvalue weighted by atomic mass is 15.3. The maximum atomic E-state index is 5.74. The Morgan fingerprint density at radius 3 is 2.38 bits per heavy atom. The van der Waals surface area contributed by atoms with Crippen molar-refractivity contribution in [1.29, 1.82) is 0 Å². The molecule has 0 amide bonds. The van der Waals surface area contributed by atoms with Crippen LogP contribution in [0.5, 0.6) is 0 Å². The monoisotopic (exact) mass is 286 g/mol. The second-order valence-corrected chi connectivity index (χ2v) is 5.74. The quantitative estimate of drug-likeness (QED) is 0.665. The molecule has 0 spiro atoms. The van der Waals surface area contributed by atoms with E-state index in [0.717, 1.165) is 45.0 Å². The van der Waals surface area contributed by atoms with Crippen LogP contribution in [0, 0.1) is 0 Å². The molecule has 1 fully saturated rings. The third-order valence-electron chi connectivity index (χ3n) is 4.13. The summed E-state index contributed by atoms with van der Waals surface area (Å²) in [4.78, 5) is 4.97. The van der Waals surface area contributed by atoms with Crippen LogP contribution >= 0.6 is 0 Å². The lowest BCUT2D eigenvalue weighted by Crippen LogP contribution is -2.47. The first-order valence-electron chi connectivity index (χ1n) is 7.54. The van der Waals surface area contributed by atoms with Gasteiger partial charge < -0.3 is 10.6 Å². The van der Waals surface area contributed by atoms with E-state index < -0.39 is 0 Å². The number of nitrogens with zero attached hydrogens (tertiary/aromatic N) is 4. The Hall–Kier alpha value is -2.01. The van der Waals surface area contributed by atoms with Crippen LogP contribution in [0.2, 0.25) is 0 Å². The van der Waals surface area contributed by atoms with Crippen molar-refractivity contribution in [2.24, 2.45) is 7.05 Å². The molecule has 2 N–H and O–H groups in total. The number of anilines is 2. The van der Waals surface area contributed by atoms with E-state index in [1.54, 1.807) is 0 Å². The summed E-state index contributed by atoms with van der Waals surface area (Å²) < 4.78 is 4.32. The fourth-order valence-electron chi connectivity index (χ4n) is 2.81. The largest absolute Gasteiger partial charge is 0.399 e. The van der Waals surface area contributed by atoms with E-state index in [0.29, 0.717) is 0 Å². The maximum Gasteiger partial charge on any atom is 0.243 e. The summed E-state index contributed by atoms with van der Waals surface area (Å²) in [5.74, 6) is 0. The number of hydrogen-bond acceptors (Lipinski definition) is 3. The molecular formula is C16H24N5+. The van der Waals surface area contributed by atoms with Crippen LogP contribution in [0.25, 0.3) is 0 Å². The Morgan fingerprint density at radius 1 is 1.05 bits per heavy atom. The van der Waals surface area contributed by atoms with Crippen LogP contribution < -0.4 is 15.2 Å². The number of nitrogens with two attached hydrogens (primary N) is 1. The second kappa shape index (κ2) is 6.18. The predicted octanol–water partition coefficient (Wildman–Crippen LogP) is 0.717. The molecule has 112 valence electrons. The summed E-state index contributed by atoms with van der Waals surface area (Å²) in [5.41, 5.74) is 7.85. The minimum atomic E-state index is 0.831. The Kier molecular flexibility index (Phi) is 4.10. The Balaban J connectivity index is 1.47. The van der Waals surface area contributed by atoms with E-state index in [-0.39, 0.29) is 0 Å². The lowest BCUT2D eigenvalue weighted by atomic mass is 10.2. The zero-order valence-electron chi connectivity index (χ0n) is 12.7. The van der Waals surface area contributed by atoms with Crippen LogP contribution in [-0.2, 0) is 13.6 Å². The van der Waals surface area contributed by atoms with E-state index in [4.69, 9.17) is 5.73 Å². The smallest absolute Gasteiger partial charge is 0.243 e.